The Labute approximate surface area is 128 Å². The van der Waals surface area contributed by atoms with Crippen molar-refractivity contribution in [3.8, 4) is 0 Å². The lowest BCUT2D eigenvalue weighted by atomic mass is 10.0. The number of nitrogens with one attached hydrogen (secondary N) is 1. The Morgan fingerprint density at radius 2 is 1.90 bits per heavy atom. The predicted molar refractivity (Wildman–Crippen MR) is 86.0 cm³/mol. The van der Waals surface area contributed by atoms with Crippen LogP contribution in [0.2, 0.25) is 0 Å². The van der Waals surface area contributed by atoms with E-state index in [1.807, 2.05) is 63.1 Å². The Morgan fingerprint density at radius 1 is 1.29 bits per heavy atom. The third kappa shape index (κ3) is 5.48. The summed E-state index contributed by atoms with van der Waals surface area (Å²) >= 11 is 0. The number of nitrogens with zero attached hydrogens (tertiary/aromatic N) is 1. The van der Waals surface area contributed by atoms with Gasteiger partial charge in [-0.2, -0.15) is 0 Å². The average molecular weight is 292 g/mol. The van der Waals surface area contributed by atoms with Gasteiger partial charge in [0.25, 0.3) is 0 Å². The van der Waals surface area contributed by atoms with Crippen LogP contribution in [0.4, 0.5) is 0 Å². The van der Waals surface area contributed by atoms with Crippen molar-refractivity contribution in [1.29, 1.82) is 0 Å². The molecule has 0 aliphatic carbocycles. The normalized spacial score (nSPS) is 14.2. The van der Waals surface area contributed by atoms with Gasteiger partial charge in [-0.1, -0.05) is 51.1 Å². The van der Waals surface area contributed by atoms with E-state index in [1.54, 1.807) is 0 Å². The van der Waals surface area contributed by atoms with Crippen LogP contribution in [-0.4, -0.2) is 42.2 Å². The highest BCUT2D eigenvalue weighted by molar-refractivity contribution is 5.83. The summed E-state index contributed by atoms with van der Waals surface area (Å²) in [6.07, 6.45) is 0.213. The van der Waals surface area contributed by atoms with Crippen LogP contribution in [0.15, 0.2) is 30.3 Å². The van der Waals surface area contributed by atoms with Crippen molar-refractivity contribution in [1.82, 2.24) is 10.2 Å². The Morgan fingerprint density at radius 3 is 2.43 bits per heavy atom. The first kappa shape index (κ1) is 17.7. The van der Waals surface area contributed by atoms with E-state index in [2.05, 4.69) is 5.32 Å². The summed E-state index contributed by atoms with van der Waals surface area (Å²) in [4.78, 5) is 14.5. The highest BCUT2D eigenvalue weighted by atomic mass is 16.3. The molecular weight excluding hydrogens is 264 g/mol. The largest absolute Gasteiger partial charge is 0.393 e. The first-order valence-corrected chi connectivity index (χ1v) is 7.68. The first-order chi connectivity index (χ1) is 9.97. The van der Waals surface area contributed by atoms with Gasteiger partial charge < -0.3 is 10.4 Å². The van der Waals surface area contributed by atoms with Crippen molar-refractivity contribution in [3.05, 3.63) is 35.9 Å². The Hall–Kier alpha value is -1.39. The van der Waals surface area contributed by atoms with Crippen LogP contribution in [0, 0.1) is 5.92 Å². The SMILES string of the molecule is CCN(C)C(C(=O)NCCC(O)C(C)C)c1ccccc1. The first-order valence-electron chi connectivity index (χ1n) is 7.68. The van der Waals surface area contributed by atoms with Crippen molar-refractivity contribution < 1.29 is 9.90 Å². The van der Waals surface area contributed by atoms with E-state index >= 15 is 0 Å². The van der Waals surface area contributed by atoms with Crippen LogP contribution in [0.1, 0.15) is 38.8 Å². The fraction of sp³-hybridized carbons (Fsp3) is 0.588. The average Bonchev–Trinajstić information content (AvgIpc) is 2.48. The number of aliphatic hydroxyl groups excluding tert-OH is 1. The number of likely N-dealkylation sites (N-methyl/N-ethyl adjacent to an activating group) is 1. The van der Waals surface area contributed by atoms with E-state index in [-0.39, 0.29) is 24.0 Å². The minimum atomic E-state index is -0.371. The molecule has 0 aromatic heterocycles. The van der Waals surface area contributed by atoms with Gasteiger partial charge in [-0.25, -0.2) is 0 Å². The standard InChI is InChI=1S/C17H28N2O2/c1-5-19(4)16(14-9-7-6-8-10-14)17(21)18-12-11-15(20)13(2)3/h6-10,13,15-16,20H,5,11-12H2,1-4H3,(H,18,21). The molecule has 2 atom stereocenters. The number of benzene rings is 1. The highest BCUT2D eigenvalue weighted by Gasteiger charge is 2.23. The summed E-state index contributed by atoms with van der Waals surface area (Å²) in [5, 5.41) is 12.7. The molecule has 1 rings (SSSR count). The second-order valence-electron chi connectivity index (χ2n) is 5.78. The monoisotopic (exact) mass is 292 g/mol. The van der Waals surface area contributed by atoms with E-state index in [0.717, 1.165) is 12.1 Å². The van der Waals surface area contributed by atoms with E-state index in [0.29, 0.717) is 13.0 Å². The topological polar surface area (TPSA) is 52.6 Å². The highest BCUT2D eigenvalue weighted by Crippen LogP contribution is 2.19. The van der Waals surface area contributed by atoms with Gasteiger partial charge in [-0.3, -0.25) is 9.69 Å². The quantitative estimate of drug-likeness (QED) is 0.772. The molecule has 0 saturated carbocycles. The van der Waals surface area contributed by atoms with Gasteiger partial charge in [0.05, 0.1) is 6.10 Å². The molecule has 2 unspecified atom stereocenters. The molecule has 0 aliphatic rings. The van der Waals surface area contributed by atoms with Gasteiger partial charge in [0.2, 0.25) is 5.91 Å². The van der Waals surface area contributed by atoms with Gasteiger partial charge >= 0.3 is 0 Å². The lowest BCUT2D eigenvalue weighted by Crippen LogP contribution is -2.39. The summed E-state index contributed by atoms with van der Waals surface area (Å²) in [7, 11) is 1.94. The number of carbonyl (C=O) groups is 1. The van der Waals surface area contributed by atoms with Crippen LogP contribution >= 0.6 is 0 Å². The van der Waals surface area contributed by atoms with E-state index in [9.17, 15) is 9.90 Å². The zero-order valence-electron chi connectivity index (χ0n) is 13.5. The van der Waals surface area contributed by atoms with Crippen LogP contribution in [-0.2, 0) is 4.79 Å². The third-order valence-corrected chi connectivity index (χ3v) is 3.81. The molecule has 0 aliphatic heterocycles. The number of hydrogen-bond donors (Lipinski definition) is 2. The van der Waals surface area contributed by atoms with Crippen molar-refractivity contribution in [2.24, 2.45) is 5.92 Å². The molecule has 0 bridgehead atoms. The molecule has 0 radical (unpaired) electrons. The molecule has 4 nitrogen and oxygen atoms in total. The summed E-state index contributed by atoms with van der Waals surface area (Å²) in [6, 6.07) is 9.50. The summed E-state index contributed by atoms with van der Waals surface area (Å²) < 4.78 is 0. The molecule has 0 fully saturated rings. The van der Waals surface area contributed by atoms with Crippen molar-refractivity contribution in [2.45, 2.75) is 39.3 Å². The Bertz CT molecular complexity index is 420. The maximum absolute atomic E-state index is 12.5. The summed E-state index contributed by atoms with van der Waals surface area (Å²) in [5.74, 6) is 0.201. The Kier molecular flexibility index (Phi) is 7.40. The van der Waals surface area contributed by atoms with Crippen molar-refractivity contribution in [3.63, 3.8) is 0 Å². The van der Waals surface area contributed by atoms with Gasteiger partial charge in [-0.15, -0.1) is 0 Å². The molecule has 0 heterocycles. The molecule has 0 saturated heterocycles. The predicted octanol–water partition coefficient (Wildman–Crippen LogP) is 2.20. The zero-order chi connectivity index (χ0) is 15.8. The second kappa shape index (κ2) is 8.80. The third-order valence-electron chi connectivity index (χ3n) is 3.81. The van der Waals surface area contributed by atoms with E-state index < -0.39 is 0 Å². The van der Waals surface area contributed by atoms with Gasteiger partial charge in [0.1, 0.15) is 6.04 Å². The van der Waals surface area contributed by atoms with E-state index in [1.165, 1.54) is 0 Å². The van der Waals surface area contributed by atoms with Crippen LogP contribution in [0.5, 0.6) is 0 Å². The smallest absolute Gasteiger partial charge is 0.241 e. The molecule has 1 aromatic carbocycles. The van der Waals surface area contributed by atoms with Crippen molar-refractivity contribution >= 4 is 5.91 Å². The van der Waals surface area contributed by atoms with Crippen LogP contribution < -0.4 is 5.32 Å². The molecule has 21 heavy (non-hydrogen) atoms. The molecule has 118 valence electrons. The molecule has 2 N–H and O–H groups in total. The van der Waals surface area contributed by atoms with Gasteiger partial charge in [0, 0.05) is 6.54 Å². The maximum Gasteiger partial charge on any atom is 0.241 e. The summed E-state index contributed by atoms with van der Waals surface area (Å²) in [5.41, 5.74) is 0.990. The van der Waals surface area contributed by atoms with Crippen molar-refractivity contribution in [2.75, 3.05) is 20.1 Å². The van der Waals surface area contributed by atoms with Gasteiger partial charge in [0.15, 0.2) is 0 Å². The molecule has 4 heteroatoms. The minimum Gasteiger partial charge on any atom is -0.393 e. The fourth-order valence-corrected chi connectivity index (χ4v) is 2.20. The molecule has 1 aromatic rings. The van der Waals surface area contributed by atoms with Gasteiger partial charge in [-0.05, 0) is 31.5 Å². The fourth-order valence-electron chi connectivity index (χ4n) is 2.20. The van der Waals surface area contributed by atoms with Crippen LogP contribution in [0.3, 0.4) is 0 Å². The number of hydrogen-bond acceptors (Lipinski definition) is 3. The minimum absolute atomic E-state index is 0.0125. The number of amides is 1. The lowest BCUT2D eigenvalue weighted by molar-refractivity contribution is -0.126. The lowest BCUT2D eigenvalue weighted by Gasteiger charge is -2.26. The number of carbonyl (C=O) groups excluding carboxylic acids is 1. The zero-order valence-corrected chi connectivity index (χ0v) is 13.5. The summed E-state index contributed by atoms with van der Waals surface area (Å²) in [6.45, 7) is 7.28. The Balaban J connectivity index is 2.65. The van der Waals surface area contributed by atoms with Crippen LogP contribution in [0.25, 0.3) is 0 Å². The molecule has 0 spiro atoms. The molecule has 1 amide bonds. The van der Waals surface area contributed by atoms with E-state index in [4.69, 9.17) is 0 Å². The molecular formula is C17H28N2O2. The maximum atomic E-state index is 12.5. The second-order valence-corrected chi connectivity index (χ2v) is 5.78. The number of rotatable bonds is 8. The number of aliphatic hydroxyl groups is 1.